The first-order valence-corrected chi connectivity index (χ1v) is 9.47. The molecule has 0 radical (unpaired) electrons. The SMILES string of the molecule is O=C(O)c1cc(NC(=O)C2CCCCC2C(=O)N2CCCC2)ccc1Cl. The molecule has 0 spiro atoms. The molecule has 1 saturated carbocycles. The van der Waals surface area contributed by atoms with Gasteiger partial charge in [-0.2, -0.15) is 0 Å². The molecule has 1 saturated heterocycles. The zero-order valence-corrected chi connectivity index (χ0v) is 15.3. The predicted molar refractivity (Wildman–Crippen MR) is 98.3 cm³/mol. The Morgan fingerprint density at radius 2 is 1.69 bits per heavy atom. The van der Waals surface area contributed by atoms with Crippen LogP contribution in [0.2, 0.25) is 5.02 Å². The molecule has 1 aliphatic carbocycles. The van der Waals surface area contributed by atoms with Gasteiger partial charge in [0.2, 0.25) is 11.8 Å². The fourth-order valence-corrected chi connectivity index (χ4v) is 4.11. The normalized spacial score (nSPS) is 22.9. The van der Waals surface area contributed by atoms with Gasteiger partial charge in [-0.25, -0.2) is 4.79 Å². The number of rotatable bonds is 4. The molecule has 26 heavy (non-hydrogen) atoms. The van der Waals surface area contributed by atoms with Gasteiger partial charge >= 0.3 is 5.97 Å². The second-order valence-electron chi connectivity index (χ2n) is 7.02. The highest BCUT2D eigenvalue weighted by Crippen LogP contribution is 2.33. The summed E-state index contributed by atoms with van der Waals surface area (Å²) < 4.78 is 0. The van der Waals surface area contributed by atoms with Gasteiger partial charge in [0.15, 0.2) is 0 Å². The van der Waals surface area contributed by atoms with Gasteiger partial charge in [0.05, 0.1) is 10.6 Å². The molecule has 3 rings (SSSR count). The van der Waals surface area contributed by atoms with Crippen LogP contribution in [0, 0.1) is 11.8 Å². The van der Waals surface area contributed by atoms with Crippen LogP contribution in [0.15, 0.2) is 18.2 Å². The van der Waals surface area contributed by atoms with Gasteiger partial charge < -0.3 is 15.3 Å². The molecule has 2 atom stereocenters. The van der Waals surface area contributed by atoms with E-state index in [-0.39, 0.29) is 34.2 Å². The van der Waals surface area contributed by atoms with Gasteiger partial charge in [0.25, 0.3) is 0 Å². The van der Waals surface area contributed by atoms with Crippen LogP contribution >= 0.6 is 11.6 Å². The minimum Gasteiger partial charge on any atom is -0.478 e. The summed E-state index contributed by atoms with van der Waals surface area (Å²) in [5.74, 6) is -1.94. The molecule has 2 N–H and O–H groups in total. The van der Waals surface area contributed by atoms with Crippen molar-refractivity contribution in [1.29, 1.82) is 0 Å². The Hall–Kier alpha value is -2.08. The van der Waals surface area contributed by atoms with Gasteiger partial charge in [-0.15, -0.1) is 0 Å². The minimum absolute atomic E-state index is 0.0576. The summed E-state index contributed by atoms with van der Waals surface area (Å²) in [6.07, 6.45) is 5.33. The molecule has 2 unspecified atom stereocenters. The van der Waals surface area contributed by atoms with E-state index in [1.807, 2.05) is 4.90 Å². The lowest BCUT2D eigenvalue weighted by atomic mass is 9.77. The van der Waals surface area contributed by atoms with Crippen LogP contribution in [-0.2, 0) is 9.59 Å². The number of hydrogen-bond donors (Lipinski definition) is 2. The monoisotopic (exact) mass is 378 g/mol. The molecule has 0 bridgehead atoms. The highest BCUT2D eigenvalue weighted by Gasteiger charge is 2.38. The van der Waals surface area contributed by atoms with E-state index < -0.39 is 5.97 Å². The summed E-state index contributed by atoms with van der Waals surface area (Å²) in [6, 6.07) is 4.38. The number of halogens is 1. The highest BCUT2D eigenvalue weighted by atomic mass is 35.5. The second kappa shape index (κ2) is 8.08. The molecule has 7 heteroatoms. The average Bonchev–Trinajstić information content (AvgIpc) is 3.17. The molecule has 140 valence electrons. The third-order valence-corrected chi connectivity index (χ3v) is 5.63. The number of likely N-dealkylation sites (tertiary alicyclic amines) is 1. The largest absolute Gasteiger partial charge is 0.478 e. The average molecular weight is 379 g/mol. The van der Waals surface area contributed by atoms with E-state index >= 15 is 0 Å². The van der Waals surface area contributed by atoms with Crippen LogP contribution in [-0.4, -0.2) is 40.9 Å². The van der Waals surface area contributed by atoms with Gasteiger partial charge in [-0.3, -0.25) is 9.59 Å². The highest BCUT2D eigenvalue weighted by molar-refractivity contribution is 6.33. The Bertz CT molecular complexity index is 715. The van der Waals surface area contributed by atoms with E-state index in [2.05, 4.69) is 5.32 Å². The fourth-order valence-electron chi connectivity index (χ4n) is 3.91. The lowest BCUT2D eigenvalue weighted by molar-refractivity contribution is -0.141. The molecule has 1 aromatic rings. The Kier molecular flexibility index (Phi) is 5.81. The summed E-state index contributed by atoms with van der Waals surface area (Å²) in [4.78, 5) is 38.7. The maximum absolute atomic E-state index is 12.8. The van der Waals surface area contributed by atoms with Crippen molar-refractivity contribution in [3.8, 4) is 0 Å². The van der Waals surface area contributed by atoms with Crippen molar-refractivity contribution in [2.75, 3.05) is 18.4 Å². The zero-order valence-electron chi connectivity index (χ0n) is 14.5. The number of hydrogen-bond acceptors (Lipinski definition) is 3. The van der Waals surface area contributed by atoms with E-state index in [0.29, 0.717) is 12.1 Å². The molecular weight excluding hydrogens is 356 g/mol. The van der Waals surface area contributed by atoms with Crippen LogP contribution < -0.4 is 5.32 Å². The molecule has 2 aliphatic rings. The van der Waals surface area contributed by atoms with E-state index in [9.17, 15) is 14.4 Å². The van der Waals surface area contributed by atoms with E-state index in [1.165, 1.54) is 12.1 Å². The summed E-state index contributed by atoms with van der Waals surface area (Å²) >= 11 is 5.87. The first kappa shape index (κ1) is 18.7. The second-order valence-corrected chi connectivity index (χ2v) is 7.43. The summed E-state index contributed by atoms with van der Waals surface area (Å²) in [6.45, 7) is 1.56. The van der Waals surface area contributed by atoms with E-state index in [1.54, 1.807) is 6.07 Å². The quantitative estimate of drug-likeness (QED) is 0.840. The van der Waals surface area contributed by atoms with Crippen LogP contribution in [0.4, 0.5) is 5.69 Å². The number of aromatic carboxylic acids is 1. The number of amides is 2. The Morgan fingerprint density at radius 3 is 2.35 bits per heavy atom. The fraction of sp³-hybridized carbons (Fsp3) is 0.526. The molecular formula is C19H23ClN2O4. The first-order chi connectivity index (χ1) is 12.5. The third kappa shape index (κ3) is 4.01. The molecule has 0 aromatic heterocycles. The molecule has 2 amide bonds. The summed E-state index contributed by atoms with van der Waals surface area (Å²) in [7, 11) is 0. The predicted octanol–water partition coefficient (Wildman–Crippen LogP) is 3.41. The van der Waals surface area contributed by atoms with Crippen LogP contribution in [0.5, 0.6) is 0 Å². The number of anilines is 1. The number of nitrogens with one attached hydrogen (secondary N) is 1. The number of carbonyl (C=O) groups is 3. The smallest absolute Gasteiger partial charge is 0.337 e. The number of carboxylic acid groups (broad SMARTS) is 1. The number of carbonyl (C=O) groups excluding carboxylic acids is 2. The lowest BCUT2D eigenvalue weighted by Crippen LogP contribution is -2.42. The van der Waals surface area contributed by atoms with Crippen molar-refractivity contribution in [2.24, 2.45) is 11.8 Å². The van der Waals surface area contributed by atoms with Gasteiger partial charge in [0, 0.05) is 30.6 Å². The van der Waals surface area contributed by atoms with E-state index in [4.69, 9.17) is 16.7 Å². The van der Waals surface area contributed by atoms with Gasteiger partial charge in [0.1, 0.15) is 0 Å². The van der Waals surface area contributed by atoms with E-state index in [0.717, 1.165) is 45.2 Å². The number of benzene rings is 1. The summed E-state index contributed by atoms with van der Waals surface area (Å²) in [5.41, 5.74) is 0.326. The first-order valence-electron chi connectivity index (χ1n) is 9.10. The van der Waals surface area contributed by atoms with Crippen molar-refractivity contribution in [2.45, 2.75) is 38.5 Å². The molecule has 1 aliphatic heterocycles. The van der Waals surface area contributed by atoms with Crippen molar-refractivity contribution in [1.82, 2.24) is 4.90 Å². The molecule has 1 aromatic carbocycles. The zero-order chi connectivity index (χ0) is 18.7. The number of nitrogens with zero attached hydrogens (tertiary/aromatic N) is 1. The maximum Gasteiger partial charge on any atom is 0.337 e. The van der Waals surface area contributed by atoms with Gasteiger partial charge in [-0.05, 0) is 43.9 Å². The molecule has 6 nitrogen and oxygen atoms in total. The maximum atomic E-state index is 12.8. The Balaban J connectivity index is 1.73. The Morgan fingerprint density at radius 1 is 1.04 bits per heavy atom. The van der Waals surface area contributed by atoms with Crippen LogP contribution in [0.1, 0.15) is 48.9 Å². The lowest BCUT2D eigenvalue weighted by Gasteiger charge is -2.32. The van der Waals surface area contributed by atoms with Crippen molar-refractivity contribution < 1.29 is 19.5 Å². The van der Waals surface area contributed by atoms with Gasteiger partial charge in [-0.1, -0.05) is 24.4 Å². The third-order valence-electron chi connectivity index (χ3n) is 5.30. The topological polar surface area (TPSA) is 86.7 Å². The van der Waals surface area contributed by atoms with Crippen molar-refractivity contribution in [3.63, 3.8) is 0 Å². The standard InChI is InChI=1S/C19H23ClN2O4/c20-16-8-7-12(11-15(16)19(25)26)21-17(23)13-5-1-2-6-14(13)18(24)22-9-3-4-10-22/h7-8,11,13-14H,1-6,9-10H2,(H,21,23)(H,25,26). The summed E-state index contributed by atoms with van der Waals surface area (Å²) in [5, 5.41) is 12.1. The van der Waals surface area contributed by atoms with Crippen LogP contribution in [0.25, 0.3) is 0 Å². The van der Waals surface area contributed by atoms with Crippen molar-refractivity contribution >= 4 is 35.1 Å². The van der Waals surface area contributed by atoms with Crippen LogP contribution in [0.3, 0.4) is 0 Å². The molecule has 2 fully saturated rings. The minimum atomic E-state index is -1.15. The van der Waals surface area contributed by atoms with Crippen molar-refractivity contribution in [3.05, 3.63) is 28.8 Å². The Labute approximate surface area is 157 Å². The number of carboxylic acids is 1. The molecule has 1 heterocycles.